The highest BCUT2D eigenvalue weighted by Crippen LogP contribution is 2.23. The molecule has 1 amide bonds. The Hall–Kier alpha value is -2.33. The molecule has 0 unspecified atom stereocenters. The third kappa shape index (κ3) is 2.38. The number of H-pyrrole nitrogens is 1. The number of amides is 1. The first-order valence-electron chi connectivity index (χ1n) is 5.97. The van der Waals surface area contributed by atoms with Crippen molar-refractivity contribution in [2.24, 2.45) is 0 Å². The number of carbonyl (C=O) groups is 1. The van der Waals surface area contributed by atoms with Crippen LogP contribution in [0.5, 0.6) is 0 Å². The third-order valence-corrected chi connectivity index (χ3v) is 3.27. The number of rotatable bonds is 2. The summed E-state index contributed by atoms with van der Waals surface area (Å²) in [5.41, 5.74) is 1.67. The molecule has 0 radical (unpaired) electrons. The lowest BCUT2D eigenvalue weighted by Crippen LogP contribution is -2.12. The quantitative estimate of drug-likeness (QED) is 0.729. The van der Waals surface area contributed by atoms with E-state index >= 15 is 0 Å². The minimum absolute atomic E-state index is 0.162. The second-order valence-electron chi connectivity index (χ2n) is 4.35. The molecule has 0 aliphatic carbocycles. The molecule has 1 heterocycles. The normalized spacial score (nSPS) is 10.7. The minimum Gasteiger partial charge on any atom is -0.351 e. The van der Waals surface area contributed by atoms with E-state index in [0.29, 0.717) is 11.4 Å². The van der Waals surface area contributed by atoms with Gasteiger partial charge in [-0.15, -0.1) is 0 Å². The Morgan fingerprint density at radius 2 is 1.95 bits per heavy atom. The zero-order valence-corrected chi connectivity index (χ0v) is 11.0. The van der Waals surface area contributed by atoms with Crippen LogP contribution in [0.1, 0.15) is 10.5 Å². The van der Waals surface area contributed by atoms with Gasteiger partial charge in [-0.25, -0.2) is 4.39 Å². The predicted octanol–water partition coefficient (Wildman–Crippen LogP) is 4.21. The highest BCUT2D eigenvalue weighted by molar-refractivity contribution is 6.33. The molecule has 20 heavy (non-hydrogen) atoms. The lowest BCUT2D eigenvalue weighted by atomic mass is 10.2. The molecule has 1 aromatic heterocycles. The van der Waals surface area contributed by atoms with Crippen LogP contribution in [0.4, 0.5) is 10.1 Å². The van der Waals surface area contributed by atoms with Crippen LogP contribution in [0.2, 0.25) is 5.02 Å². The molecule has 0 saturated heterocycles. The second-order valence-corrected chi connectivity index (χ2v) is 4.76. The van der Waals surface area contributed by atoms with Gasteiger partial charge in [-0.1, -0.05) is 29.8 Å². The van der Waals surface area contributed by atoms with Gasteiger partial charge in [-0.05, 0) is 30.3 Å². The van der Waals surface area contributed by atoms with E-state index in [-0.39, 0.29) is 10.9 Å². The summed E-state index contributed by atoms with van der Waals surface area (Å²) in [6.07, 6.45) is 0. The van der Waals surface area contributed by atoms with Crippen molar-refractivity contribution >= 4 is 34.1 Å². The van der Waals surface area contributed by atoms with Crippen LogP contribution in [0.3, 0.4) is 0 Å². The Morgan fingerprint density at radius 3 is 2.70 bits per heavy atom. The van der Waals surface area contributed by atoms with Crippen molar-refractivity contribution in [3.8, 4) is 0 Å². The van der Waals surface area contributed by atoms with Crippen LogP contribution in [0.15, 0.2) is 48.5 Å². The van der Waals surface area contributed by atoms with Crippen molar-refractivity contribution in [3.63, 3.8) is 0 Å². The fourth-order valence-electron chi connectivity index (χ4n) is 1.98. The number of para-hydroxylation sites is 1. The summed E-state index contributed by atoms with van der Waals surface area (Å²) in [6, 6.07) is 13.2. The first-order chi connectivity index (χ1) is 9.63. The average Bonchev–Trinajstić information content (AvgIpc) is 2.86. The highest BCUT2D eigenvalue weighted by atomic mass is 35.5. The first kappa shape index (κ1) is 12.7. The van der Waals surface area contributed by atoms with Crippen LogP contribution >= 0.6 is 11.6 Å². The first-order valence-corrected chi connectivity index (χ1v) is 6.35. The second kappa shape index (κ2) is 4.98. The minimum atomic E-state index is -0.446. The zero-order chi connectivity index (χ0) is 14.1. The smallest absolute Gasteiger partial charge is 0.272 e. The van der Waals surface area contributed by atoms with Gasteiger partial charge in [0.05, 0.1) is 10.7 Å². The van der Waals surface area contributed by atoms with Gasteiger partial charge < -0.3 is 10.3 Å². The Labute approximate surface area is 119 Å². The Morgan fingerprint density at radius 1 is 1.15 bits per heavy atom. The molecule has 100 valence electrons. The van der Waals surface area contributed by atoms with Crippen molar-refractivity contribution in [2.45, 2.75) is 0 Å². The number of hydrogen-bond acceptors (Lipinski definition) is 1. The maximum Gasteiger partial charge on any atom is 0.272 e. The molecule has 3 nitrogen and oxygen atoms in total. The van der Waals surface area contributed by atoms with Crippen molar-refractivity contribution in [3.05, 3.63) is 65.1 Å². The van der Waals surface area contributed by atoms with Gasteiger partial charge in [0.1, 0.15) is 11.5 Å². The molecular formula is C15H10ClFN2O. The fourth-order valence-corrected chi connectivity index (χ4v) is 2.19. The van der Waals surface area contributed by atoms with Crippen LogP contribution < -0.4 is 5.32 Å². The van der Waals surface area contributed by atoms with Crippen molar-refractivity contribution in [1.82, 2.24) is 4.98 Å². The molecule has 0 aliphatic heterocycles. The molecule has 3 rings (SSSR count). The maximum absolute atomic E-state index is 12.9. The van der Waals surface area contributed by atoms with Crippen molar-refractivity contribution < 1.29 is 9.18 Å². The number of hydrogen-bond donors (Lipinski definition) is 2. The lowest BCUT2D eigenvalue weighted by molar-refractivity contribution is 0.102. The van der Waals surface area contributed by atoms with E-state index in [1.807, 2.05) is 24.3 Å². The van der Waals surface area contributed by atoms with Gasteiger partial charge in [-0.3, -0.25) is 4.79 Å². The monoisotopic (exact) mass is 288 g/mol. The highest BCUT2D eigenvalue weighted by Gasteiger charge is 2.11. The number of halogens is 2. The number of aromatic amines is 1. The summed E-state index contributed by atoms with van der Waals surface area (Å²) >= 11 is 5.87. The zero-order valence-electron chi connectivity index (χ0n) is 10.3. The molecular weight excluding hydrogens is 279 g/mol. The third-order valence-electron chi connectivity index (χ3n) is 2.95. The number of benzene rings is 2. The van der Waals surface area contributed by atoms with E-state index in [1.165, 1.54) is 12.1 Å². The average molecular weight is 289 g/mol. The molecule has 0 atom stereocenters. The van der Waals surface area contributed by atoms with Gasteiger partial charge >= 0.3 is 0 Å². The summed E-state index contributed by atoms with van der Waals surface area (Å²) in [5, 5.41) is 3.75. The molecule has 0 bridgehead atoms. The van der Waals surface area contributed by atoms with Gasteiger partial charge in [0.15, 0.2) is 0 Å². The van der Waals surface area contributed by atoms with Crippen LogP contribution in [-0.2, 0) is 0 Å². The lowest BCUT2D eigenvalue weighted by Gasteiger charge is -2.05. The van der Waals surface area contributed by atoms with Gasteiger partial charge in [0.25, 0.3) is 5.91 Å². The molecule has 2 N–H and O–H groups in total. The van der Waals surface area contributed by atoms with Gasteiger partial charge in [0, 0.05) is 10.9 Å². The van der Waals surface area contributed by atoms with E-state index in [2.05, 4.69) is 10.3 Å². The van der Waals surface area contributed by atoms with Gasteiger partial charge in [0.2, 0.25) is 0 Å². The van der Waals surface area contributed by atoms with Crippen LogP contribution in [0.25, 0.3) is 10.9 Å². The number of anilines is 1. The van der Waals surface area contributed by atoms with E-state index in [4.69, 9.17) is 11.6 Å². The van der Waals surface area contributed by atoms with E-state index in [1.54, 1.807) is 6.07 Å². The van der Waals surface area contributed by atoms with E-state index < -0.39 is 5.82 Å². The molecule has 0 fully saturated rings. The number of aromatic nitrogens is 1. The molecule has 0 saturated carbocycles. The maximum atomic E-state index is 12.9. The fraction of sp³-hybridized carbons (Fsp3) is 0. The standard InChI is InChI=1S/C15H10ClFN2O/c16-11-8-10(17)5-6-13(11)19-15(20)14-7-9-3-1-2-4-12(9)18-14/h1-8,18H,(H,19,20). The molecule has 0 spiro atoms. The Bertz CT molecular complexity index is 764. The van der Waals surface area contributed by atoms with Gasteiger partial charge in [-0.2, -0.15) is 0 Å². The molecule has 2 aromatic carbocycles. The Balaban J connectivity index is 1.89. The predicted molar refractivity (Wildman–Crippen MR) is 77.7 cm³/mol. The van der Waals surface area contributed by atoms with Crippen molar-refractivity contribution in [1.29, 1.82) is 0 Å². The summed E-state index contributed by atoms with van der Waals surface area (Å²) in [6.45, 7) is 0. The van der Waals surface area contributed by atoms with Crippen molar-refractivity contribution in [2.75, 3.05) is 5.32 Å². The summed E-state index contributed by atoms with van der Waals surface area (Å²) in [7, 11) is 0. The summed E-state index contributed by atoms with van der Waals surface area (Å²) in [5.74, 6) is -0.770. The number of carbonyl (C=O) groups excluding carboxylic acids is 1. The SMILES string of the molecule is O=C(Nc1ccc(F)cc1Cl)c1cc2ccccc2[nH]1. The number of nitrogens with one attached hydrogen (secondary N) is 2. The molecule has 5 heteroatoms. The topological polar surface area (TPSA) is 44.9 Å². The summed E-state index contributed by atoms with van der Waals surface area (Å²) in [4.78, 5) is 15.1. The van der Waals surface area contributed by atoms with Crippen LogP contribution in [0, 0.1) is 5.82 Å². The summed E-state index contributed by atoms with van der Waals surface area (Å²) < 4.78 is 12.9. The van der Waals surface area contributed by atoms with Crippen LogP contribution in [-0.4, -0.2) is 10.9 Å². The largest absolute Gasteiger partial charge is 0.351 e. The Kier molecular flexibility index (Phi) is 3.16. The van der Waals surface area contributed by atoms with E-state index in [0.717, 1.165) is 17.0 Å². The number of fused-ring (bicyclic) bond motifs is 1. The molecule has 0 aliphatic rings. The molecule has 3 aromatic rings. The van der Waals surface area contributed by atoms with E-state index in [9.17, 15) is 9.18 Å².